The van der Waals surface area contributed by atoms with Gasteiger partial charge in [-0.05, 0) is 37.3 Å². The van der Waals surface area contributed by atoms with E-state index >= 15 is 0 Å². The summed E-state index contributed by atoms with van der Waals surface area (Å²) >= 11 is 5.90. The van der Waals surface area contributed by atoms with Gasteiger partial charge in [0.25, 0.3) is 5.91 Å². The highest BCUT2D eigenvalue weighted by Crippen LogP contribution is 2.20. The number of benzene rings is 2. The molecule has 0 aromatic heterocycles. The van der Waals surface area contributed by atoms with Crippen LogP contribution in [0, 0.1) is 0 Å². The maximum absolute atomic E-state index is 12.2. The van der Waals surface area contributed by atoms with E-state index in [1.807, 2.05) is 6.07 Å². The van der Waals surface area contributed by atoms with E-state index in [0.29, 0.717) is 28.8 Å². The Morgan fingerprint density at radius 3 is 2.74 bits per heavy atom. The van der Waals surface area contributed by atoms with Crippen LogP contribution in [0.1, 0.15) is 6.92 Å². The minimum Gasteiger partial charge on any atom is -0.489 e. The molecule has 0 aliphatic heterocycles. The summed E-state index contributed by atoms with van der Waals surface area (Å²) in [5.74, 6) is 0.945. The Morgan fingerprint density at radius 2 is 2.00 bits per heavy atom. The monoisotopic (exact) mass is 331 g/mol. The summed E-state index contributed by atoms with van der Waals surface area (Å²) in [6.07, 6.45) is 0.998. The fourth-order valence-electron chi connectivity index (χ4n) is 1.86. The average molecular weight is 332 g/mol. The van der Waals surface area contributed by atoms with Crippen molar-refractivity contribution in [3.05, 3.63) is 66.2 Å². The third-order valence-corrected chi connectivity index (χ3v) is 3.18. The fourth-order valence-corrected chi connectivity index (χ4v) is 2.04. The number of rotatable bonds is 7. The molecule has 0 fully saturated rings. The summed E-state index contributed by atoms with van der Waals surface area (Å²) in [7, 11) is 0. The summed E-state index contributed by atoms with van der Waals surface area (Å²) in [6, 6.07) is 14.1. The number of carbonyl (C=O) groups is 1. The summed E-state index contributed by atoms with van der Waals surface area (Å²) in [5.41, 5.74) is 0.637. The Labute approximate surface area is 140 Å². The van der Waals surface area contributed by atoms with Crippen LogP contribution in [0.15, 0.2) is 61.2 Å². The maximum Gasteiger partial charge on any atom is 0.265 e. The van der Waals surface area contributed by atoms with E-state index in [2.05, 4.69) is 11.9 Å². The van der Waals surface area contributed by atoms with Crippen molar-refractivity contribution in [2.24, 2.45) is 0 Å². The summed E-state index contributed by atoms with van der Waals surface area (Å²) in [5, 5.41) is 3.35. The Balaban J connectivity index is 1.96. The first-order chi connectivity index (χ1) is 11.1. The molecule has 2 rings (SSSR count). The Hall–Kier alpha value is -2.46. The highest BCUT2D eigenvalue weighted by Gasteiger charge is 2.15. The molecule has 0 radical (unpaired) electrons. The number of ether oxygens (including phenoxy) is 2. The largest absolute Gasteiger partial charge is 0.489 e. The van der Waals surface area contributed by atoms with Crippen LogP contribution >= 0.6 is 11.6 Å². The zero-order valence-electron chi connectivity index (χ0n) is 12.8. The Morgan fingerprint density at radius 1 is 1.26 bits per heavy atom. The minimum absolute atomic E-state index is 0.258. The van der Waals surface area contributed by atoms with Crippen LogP contribution < -0.4 is 14.8 Å². The van der Waals surface area contributed by atoms with Crippen LogP contribution in [0.3, 0.4) is 0 Å². The molecule has 0 saturated carbocycles. The lowest BCUT2D eigenvalue weighted by atomic mass is 10.2. The van der Waals surface area contributed by atoms with Crippen LogP contribution in [-0.4, -0.2) is 18.6 Å². The number of hydrogen-bond donors (Lipinski definition) is 1. The van der Waals surface area contributed by atoms with Crippen molar-refractivity contribution >= 4 is 23.2 Å². The van der Waals surface area contributed by atoms with E-state index in [0.717, 1.165) is 0 Å². The predicted molar refractivity (Wildman–Crippen MR) is 92.3 cm³/mol. The first-order valence-corrected chi connectivity index (χ1v) is 7.53. The zero-order chi connectivity index (χ0) is 16.7. The maximum atomic E-state index is 12.2. The summed E-state index contributed by atoms with van der Waals surface area (Å²) in [4.78, 5) is 12.2. The van der Waals surface area contributed by atoms with Crippen LogP contribution in [0.25, 0.3) is 0 Å². The van der Waals surface area contributed by atoms with Crippen molar-refractivity contribution in [2.45, 2.75) is 13.0 Å². The van der Waals surface area contributed by atoms with Gasteiger partial charge in [-0.15, -0.1) is 0 Å². The van der Waals surface area contributed by atoms with Gasteiger partial charge in [0.15, 0.2) is 6.10 Å². The summed E-state index contributed by atoms with van der Waals surface area (Å²) in [6.45, 7) is 5.68. The van der Waals surface area contributed by atoms with Crippen LogP contribution in [-0.2, 0) is 4.79 Å². The molecule has 2 aromatic rings. The van der Waals surface area contributed by atoms with Gasteiger partial charge in [0.05, 0.1) is 0 Å². The zero-order valence-corrected chi connectivity index (χ0v) is 13.5. The first-order valence-electron chi connectivity index (χ1n) is 7.15. The molecular formula is C18H18ClNO3. The van der Waals surface area contributed by atoms with Gasteiger partial charge in [-0.1, -0.05) is 36.4 Å². The number of halogens is 1. The Bertz CT molecular complexity index is 687. The lowest BCUT2D eigenvalue weighted by Gasteiger charge is -2.15. The summed E-state index contributed by atoms with van der Waals surface area (Å²) < 4.78 is 11.0. The van der Waals surface area contributed by atoms with Gasteiger partial charge in [0.1, 0.15) is 18.1 Å². The predicted octanol–water partition coefficient (Wildman–Crippen LogP) is 4.31. The van der Waals surface area contributed by atoms with Crippen LogP contribution in [0.4, 0.5) is 5.69 Å². The molecule has 1 N–H and O–H groups in total. The SMILES string of the molecule is C=CCOc1cccc(NC(=O)[C@H](C)Oc2cccc(Cl)c2)c1. The van der Waals surface area contributed by atoms with E-state index in [-0.39, 0.29) is 5.91 Å². The molecule has 0 unspecified atom stereocenters. The topological polar surface area (TPSA) is 47.6 Å². The van der Waals surface area contributed by atoms with E-state index in [1.165, 1.54) is 0 Å². The molecule has 0 saturated heterocycles. The molecule has 0 aliphatic rings. The molecule has 0 spiro atoms. The van der Waals surface area contributed by atoms with Gasteiger partial charge in [-0.25, -0.2) is 0 Å². The third kappa shape index (κ3) is 5.34. The quantitative estimate of drug-likeness (QED) is 0.769. The smallest absolute Gasteiger partial charge is 0.265 e. The van der Waals surface area contributed by atoms with Crippen molar-refractivity contribution < 1.29 is 14.3 Å². The molecule has 23 heavy (non-hydrogen) atoms. The molecule has 1 atom stereocenters. The van der Waals surface area contributed by atoms with Gasteiger partial charge < -0.3 is 14.8 Å². The lowest BCUT2D eigenvalue weighted by Crippen LogP contribution is -2.30. The normalized spacial score (nSPS) is 11.4. The molecule has 5 heteroatoms. The number of carbonyl (C=O) groups excluding carboxylic acids is 1. The first kappa shape index (κ1) is 16.9. The van der Waals surface area contributed by atoms with E-state index in [9.17, 15) is 4.79 Å². The van der Waals surface area contributed by atoms with Crippen molar-refractivity contribution in [1.29, 1.82) is 0 Å². The minimum atomic E-state index is -0.661. The van der Waals surface area contributed by atoms with Gasteiger partial charge in [-0.3, -0.25) is 4.79 Å². The lowest BCUT2D eigenvalue weighted by molar-refractivity contribution is -0.122. The van der Waals surface area contributed by atoms with Crippen molar-refractivity contribution in [3.63, 3.8) is 0 Å². The van der Waals surface area contributed by atoms with Gasteiger partial charge >= 0.3 is 0 Å². The van der Waals surface area contributed by atoms with Gasteiger partial charge in [0.2, 0.25) is 0 Å². The second kappa shape index (κ2) is 8.25. The Kier molecular flexibility index (Phi) is 6.06. The highest BCUT2D eigenvalue weighted by atomic mass is 35.5. The van der Waals surface area contributed by atoms with Crippen molar-refractivity contribution in [2.75, 3.05) is 11.9 Å². The molecular weight excluding hydrogens is 314 g/mol. The van der Waals surface area contributed by atoms with Gasteiger partial charge in [0, 0.05) is 16.8 Å². The average Bonchev–Trinajstić information content (AvgIpc) is 2.53. The number of amides is 1. The number of anilines is 1. The number of hydrogen-bond acceptors (Lipinski definition) is 3. The van der Waals surface area contributed by atoms with Crippen molar-refractivity contribution in [3.8, 4) is 11.5 Å². The highest BCUT2D eigenvalue weighted by molar-refractivity contribution is 6.30. The number of nitrogens with one attached hydrogen (secondary N) is 1. The molecule has 2 aromatic carbocycles. The second-order valence-electron chi connectivity index (χ2n) is 4.83. The van der Waals surface area contributed by atoms with Crippen LogP contribution in [0.2, 0.25) is 5.02 Å². The standard InChI is InChI=1S/C18H18ClNO3/c1-3-10-22-16-8-5-7-15(12-16)20-18(21)13(2)23-17-9-4-6-14(19)11-17/h3-9,11-13H,1,10H2,2H3,(H,20,21)/t13-/m0/s1. The second-order valence-corrected chi connectivity index (χ2v) is 5.27. The van der Waals surface area contributed by atoms with E-state index in [4.69, 9.17) is 21.1 Å². The van der Waals surface area contributed by atoms with Crippen LogP contribution in [0.5, 0.6) is 11.5 Å². The van der Waals surface area contributed by atoms with Crippen molar-refractivity contribution in [1.82, 2.24) is 0 Å². The molecule has 120 valence electrons. The van der Waals surface area contributed by atoms with E-state index in [1.54, 1.807) is 55.5 Å². The molecule has 1 amide bonds. The third-order valence-electron chi connectivity index (χ3n) is 2.95. The fraction of sp³-hybridized carbons (Fsp3) is 0.167. The van der Waals surface area contributed by atoms with Gasteiger partial charge in [-0.2, -0.15) is 0 Å². The molecule has 0 bridgehead atoms. The molecule has 0 aliphatic carbocycles. The molecule has 4 nitrogen and oxygen atoms in total. The van der Waals surface area contributed by atoms with E-state index < -0.39 is 6.10 Å². The molecule has 0 heterocycles.